The number of ether oxygens (including phenoxy) is 1. The van der Waals surface area contributed by atoms with Gasteiger partial charge < -0.3 is 15.4 Å². The maximum atomic E-state index is 13.4. The fourth-order valence-corrected chi connectivity index (χ4v) is 1.81. The molecule has 2 N–H and O–H groups in total. The van der Waals surface area contributed by atoms with Gasteiger partial charge in [0.25, 0.3) is 5.91 Å². The second kappa shape index (κ2) is 7.19. The molecule has 0 aromatic heterocycles. The third kappa shape index (κ3) is 3.66. The van der Waals surface area contributed by atoms with Crippen LogP contribution in [0.25, 0.3) is 0 Å². The lowest BCUT2D eigenvalue weighted by Gasteiger charge is -2.28. The molecule has 1 aromatic rings. The second-order valence-corrected chi connectivity index (χ2v) is 4.60. The highest BCUT2D eigenvalue weighted by Crippen LogP contribution is 2.19. The molecule has 1 atom stereocenters. The summed E-state index contributed by atoms with van der Waals surface area (Å²) >= 11 is 0. The van der Waals surface area contributed by atoms with Gasteiger partial charge in [0.1, 0.15) is 17.3 Å². The Hall–Kier alpha value is -1.69. The number of hydrogen-bond acceptors (Lipinski definition) is 3. The van der Waals surface area contributed by atoms with Crippen molar-refractivity contribution in [2.24, 2.45) is 0 Å². The van der Waals surface area contributed by atoms with Crippen molar-refractivity contribution in [2.75, 3.05) is 26.0 Å². The Morgan fingerprint density at radius 2 is 1.95 bits per heavy atom. The fraction of sp³-hybridized carbons (Fsp3) is 0.500. The second-order valence-electron chi connectivity index (χ2n) is 4.60. The van der Waals surface area contributed by atoms with Crippen LogP contribution in [0.1, 0.15) is 30.6 Å². The zero-order chi connectivity index (χ0) is 15.3. The highest BCUT2D eigenvalue weighted by Gasteiger charge is 2.22. The van der Waals surface area contributed by atoms with Gasteiger partial charge in [-0.25, -0.2) is 8.78 Å². The van der Waals surface area contributed by atoms with Gasteiger partial charge in [0, 0.05) is 25.3 Å². The summed E-state index contributed by atoms with van der Waals surface area (Å²) in [5, 5.41) is 0. The molecule has 0 spiro atoms. The van der Waals surface area contributed by atoms with E-state index in [-0.39, 0.29) is 11.6 Å². The SMILES string of the molecule is CCC(C)N(CCOC)C(=O)c1cc(F)c(N)c(F)c1. The zero-order valence-corrected chi connectivity index (χ0v) is 12.0. The molecular weight excluding hydrogens is 266 g/mol. The van der Waals surface area contributed by atoms with E-state index in [0.29, 0.717) is 13.2 Å². The van der Waals surface area contributed by atoms with Crippen molar-refractivity contribution in [3.05, 3.63) is 29.3 Å². The number of hydrogen-bond donors (Lipinski definition) is 1. The van der Waals surface area contributed by atoms with Gasteiger partial charge in [-0.1, -0.05) is 6.92 Å². The van der Waals surface area contributed by atoms with Crippen molar-refractivity contribution in [1.29, 1.82) is 0 Å². The molecule has 0 radical (unpaired) electrons. The van der Waals surface area contributed by atoms with Crippen molar-refractivity contribution in [2.45, 2.75) is 26.3 Å². The Morgan fingerprint density at radius 1 is 1.40 bits per heavy atom. The monoisotopic (exact) mass is 286 g/mol. The first-order valence-corrected chi connectivity index (χ1v) is 6.46. The fourth-order valence-electron chi connectivity index (χ4n) is 1.81. The molecule has 112 valence electrons. The summed E-state index contributed by atoms with van der Waals surface area (Å²) in [4.78, 5) is 13.9. The van der Waals surface area contributed by atoms with Crippen molar-refractivity contribution in [3.8, 4) is 0 Å². The minimum absolute atomic E-state index is 0.0504. The van der Waals surface area contributed by atoms with Crippen LogP contribution in [0.2, 0.25) is 0 Å². The predicted molar refractivity (Wildman–Crippen MR) is 73.4 cm³/mol. The Kier molecular flexibility index (Phi) is 5.88. The largest absolute Gasteiger partial charge is 0.394 e. The first-order valence-electron chi connectivity index (χ1n) is 6.46. The molecule has 0 saturated heterocycles. The molecule has 1 amide bonds. The van der Waals surface area contributed by atoms with Gasteiger partial charge >= 0.3 is 0 Å². The van der Waals surface area contributed by atoms with Crippen molar-refractivity contribution in [1.82, 2.24) is 4.90 Å². The highest BCUT2D eigenvalue weighted by molar-refractivity contribution is 5.94. The van der Waals surface area contributed by atoms with Crippen molar-refractivity contribution < 1.29 is 18.3 Å². The molecule has 20 heavy (non-hydrogen) atoms. The Labute approximate surface area is 117 Å². The van der Waals surface area contributed by atoms with Gasteiger partial charge in [-0.3, -0.25) is 4.79 Å². The molecule has 0 aliphatic carbocycles. The number of carbonyl (C=O) groups excluding carboxylic acids is 1. The van der Waals surface area contributed by atoms with Crippen LogP contribution in [-0.4, -0.2) is 37.1 Å². The van der Waals surface area contributed by atoms with E-state index in [4.69, 9.17) is 10.5 Å². The minimum Gasteiger partial charge on any atom is -0.394 e. The van der Waals surface area contributed by atoms with Crippen LogP contribution in [0.4, 0.5) is 14.5 Å². The topological polar surface area (TPSA) is 55.6 Å². The molecule has 4 nitrogen and oxygen atoms in total. The Morgan fingerprint density at radius 3 is 2.40 bits per heavy atom. The number of rotatable bonds is 6. The first-order chi connectivity index (χ1) is 9.42. The van der Waals surface area contributed by atoms with E-state index in [1.54, 1.807) is 0 Å². The average molecular weight is 286 g/mol. The summed E-state index contributed by atoms with van der Waals surface area (Å²) in [7, 11) is 1.53. The number of anilines is 1. The van der Waals surface area contributed by atoms with Gasteiger partial charge in [-0.2, -0.15) is 0 Å². The molecule has 0 heterocycles. The number of nitrogen functional groups attached to an aromatic ring is 1. The molecule has 0 aliphatic heterocycles. The molecule has 1 rings (SSSR count). The lowest BCUT2D eigenvalue weighted by Crippen LogP contribution is -2.40. The maximum absolute atomic E-state index is 13.4. The molecule has 0 aliphatic rings. The number of nitrogens with two attached hydrogens (primary N) is 1. The van der Waals surface area contributed by atoms with E-state index >= 15 is 0 Å². The minimum atomic E-state index is -0.927. The highest BCUT2D eigenvalue weighted by atomic mass is 19.1. The Bertz CT molecular complexity index is 457. The van der Waals surface area contributed by atoms with Gasteiger partial charge in [-0.05, 0) is 25.5 Å². The van der Waals surface area contributed by atoms with Crippen LogP contribution in [0.5, 0.6) is 0 Å². The number of amides is 1. The molecular formula is C14H20F2N2O2. The molecule has 0 saturated carbocycles. The molecule has 6 heteroatoms. The van der Waals surface area contributed by atoms with Crippen LogP contribution in [0, 0.1) is 11.6 Å². The quantitative estimate of drug-likeness (QED) is 0.817. The lowest BCUT2D eigenvalue weighted by atomic mass is 10.1. The summed E-state index contributed by atoms with van der Waals surface area (Å²) < 4.78 is 31.8. The van der Waals surface area contributed by atoms with Crippen LogP contribution in [-0.2, 0) is 4.74 Å². The van der Waals surface area contributed by atoms with Crippen LogP contribution < -0.4 is 5.73 Å². The third-order valence-corrected chi connectivity index (χ3v) is 3.25. The molecule has 0 bridgehead atoms. The number of halogens is 2. The first kappa shape index (κ1) is 16.4. The zero-order valence-electron chi connectivity index (χ0n) is 12.0. The molecule has 1 aromatic carbocycles. The van der Waals surface area contributed by atoms with E-state index in [1.165, 1.54) is 12.0 Å². The lowest BCUT2D eigenvalue weighted by molar-refractivity contribution is 0.0613. The predicted octanol–water partition coefficient (Wildman–Crippen LogP) is 2.43. The third-order valence-electron chi connectivity index (χ3n) is 3.25. The number of benzene rings is 1. The maximum Gasteiger partial charge on any atom is 0.254 e. The smallest absolute Gasteiger partial charge is 0.254 e. The number of methoxy groups -OCH3 is 1. The normalized spacial score (nSPS) is 12.2. The van der Waals surface area contributed by atoms with E-state index in [2.05, 4.69) is 0 Å². The van der Waals surface area contributed by atoms with E-state index in [9.17, 15) is 13.6 Å². The van der Waals surface area contributed by atoms with E-state index in [0.717, 1.165) is 18.6 Å². The summed E-state index contributed by atoms with van der Waals surface area (Å²) in [5.74, 6) is -2.29. The van der Waals surface area contributed by atoms with Crippen molar-refractivity contribution in [3.63, 3.8) is 0 Å². The number of nitrogens with zero attached hydrogens (tertiary/aromatic N) is 1. The number of carbonyl (C=O) groups is 1. The van der Waals surface area contributed by atoms with Crippen LogP contribution in [0.15, 0.2) is 12.1 Å². The van der Waals surface area contributed by atoms with Crippen molar-refractivity contribution >= 4 is 11.6 Å². The standard InChI is InChI=1S/C14H20F2N2O2/c1-4-9(2)18(5-6-20-3)14(19)10-7-11(15)13(17)12(16)8-10/h7-9H,4-6,17H2,1-3H3. The summed E-state index contributed by atoms with van der Waals surface area (Å²) in [6.45, 7) is 4.52. The van der Waals surface area contributed by atoms with Gasteiger partial charge in [0.05, 0.1) is 6.61 Å². The van der Waals surface area contributed by atoms with Crippen LogP contribution in [0.3, 0.4) is 0 Å². The summed E-state index contributed by atoms with van der Waals surface area (Å²) in [6.07, 6.45) is 0.732. The van der Waals surface area contributed by atoms with Gasteiger partial charge in [0.15, 0.2) is 0 Å². The molecule has 1 unspecified atom stereocenters. The van der Waals surface area contributed by atoms with Gasteiger partial charge in [0.2, 0.25) is 0 Å². The molecule has 0 fully saturated rings. The van der Waals surface area contributed by atoms with Crippen LogP contribution >= 0.6 is 0 Å². The summed E-state index contributed by atoms with van der Waals surface area (Å²) in [5.41, 5.74) is 4.57. The summed E-state index contributed by atoms with van der Waals surface area (Å²) in [6, 6.07) is 1.87. The average Bonchev–Trinajstić information content (AvgIpc) is 2.43. The van der Waals surface area contributed by atoms with E-state index in [1.807, 2.05) is 13.8 Å². The van der Waals surface area contributed by atoms with Gasteiger partial charge in [-0.15, -0.1) is 0 Å². The Balaban J connectivity index is 3.05. The van der Waals surface area contributed by atoms with E-state index < -0.39 is 23.2 Å².